The second-order valence-electron chi connectivity index (χ2n) is 2.12. The molecule has 2 aromatic rings. The van der Waals surface area contributed by atoms with E-state index in [1.807, 2.05) is 24.3 Å². The standard InChI is InChI=1S/C8H6N2.H3N/c1-2-4-8-6-10-9-5-7(8)3-1;/h1-6H;1H3. The average molecular weight is 147 g/mol. The molecular weight excluding hydrogens is 138 g/mol. The third kappa shape index (κ3) is 1.33. The van der Waals surface area contributed by atoms with Gasteiger partial charge in [-0.3, -0.25) is 0 Å². The Morgan fingerprint density at radius 3 is 1.73 bits per heavy atom. The Kier molecular flexibility index (Phi) is 2.13. The van der Waals surface area contributed by atoms with Crippen LogP contribution in [0.3, 0.4) is 0 Å². The van der Waals surface area contributed by atoms with E-state index in [0.29, 0.717) is 0 Å². The highest BCUT2D eigenvalue weighted by Gasteiger charge is 1.87. The zero-order chi connectivity index (χ0) is 6.81. The lowest BCUT2D eigenvalue weighted by molar-refractivity contribution is 1.05. The van der Waals surface area contributed by atoms with Crippen molar-refractivity contribution in [1.82, 2.24) is 16.3 Å². The lowest BCUT2D eigenvalue weighted by atomic mass is 10.2. The molecule has 0 bridgehead atoms. The first kappa shape index (κ1) is 7.63. The molecule has 0 aliphatic heterocycles. The predicted molar refractivity (Wildman–Crippen MR) is 44.6 cm³/mol. The molecule has 0 unspecified atom stereocenters. The van der Waals surface area contributed by atoms with Crippen molar-refractivity contribution >= 4 is 10.8 Å². The number of nitrogens with zero attached hydrogens (tertiary/aromatic N) is 2. The summed E-state index contributed by atoms with van der Waals surface area (Å²) in [4.78, 5) is 0. The summed E-state index contributed by atoms with van der Waals surface area (Å²) in [7, 11) is 0. The SMILES string of the molecule is N.c1ccc2cnncc2c1. The molecule has 3 heteroatoms. The van der Waals surface area contributed by atoms with Crippen molar-refractivity contribution in [2.45, 2.75) is 0 Å². The number of aromatic nitrogens is 2. The Labute approximate surface area is 64.7 Å². The zero-order valence-electron chi connectivity index (χ0n) is 6.07. The molecule has 0 amide bonds. The minimum atomic E-state index is 0. The molecular formula is C8H9N3. The number of hydrogen-bond donors (Lipinski definition) is 1. The van der Waals surface area contributed by atoms with Crippen LogP contribution in [0.25, 0.3) is 10.8 Å². The van der Waals surface area contributed by atoms with E-state index in [-0.39, 0.29) is 6.15 Å². The molecule has 1 aromatic heterocycles. The topological polar surface area (TPSA) is 60.8 Å². The zero-order valence-corrected chi connectivity index (χ0v) is 6.07. The van der Waals surface area contributed by atoms with Crippen LogP contribution in [0.5, 0.6) is 0 Å². The second-order valence-corrected chi connectivity index (χ2v) is 2.12. The van der Waals surface area contributed by atoms with Gasteiger partial charge in [-0.2, -0.15) is 10.2 Å². The first-order valence-corrected chi connectivity index (χ1v) is 3.12. The van der Waals surface area contributed by atoms with E-state index in [0.717, 1.165) is 10.8 Å². The fourth-order valence-corrected chi connectivity index (χ4v) is 0.937. The maximum Gasteiger partial charge on any atom is 0.0574 e. The highest BCUT2D eigenvalue weighted by molar-refractivity contribution is 5.80. The van der Waals surface area contributed by atoms with E-state index in [1.54, 1.807) is 12.4 Å². The summed E-state index contributed by atoms with van der Waals surface area (Å²) in [6, 6.07) is 8.02. The van der Waals surface area contributed by atoms with E-state index in [9.17, 15) is 0 Å². The second kappa shape index (κ2) is 3.07. The van der Waals surface area contributed by atoms with Crippen LogP contribution in [0, 0.1) is 0 Å². The fourth-order valence-electron chi connectivity index (χ4n) is 0.937. The van der Waals surface area contributed by atoms with Gasteiger partial charge in [0.15, 0.2) is 0 Å². The molecule has 0 atom stereocenters. The van der Waals surface area contributed by atoms with Crippen molar-refractivity contribution in [1.29, 1.82) is 0 Å². The molecule has 3 N–H and O–H groups in total. The van der Waals surface area contributed by atoms with E-state index >= 15 is 0 Å². The molecule has 1 aromatic carbocycles. The van der Waals surface area contributed by atoms with Gasteiger partial charge in [-0.1, -0.05) is 24.3 Å². The van der Waals surface area contributed by atoms with Crippen molar-refractivity contribution in [3.63, 3.8) is 0 Å². The normalized spacial score (nSPS) is 9.09. The van der Waals surface area contributed by atoms with E-state index in [2.05, 4.69) is 10.2 Å². The van der Waals surface area contributed by atoms with Crippen LogP contribution in [0.4, 0.5) is 0 Å². The van der Waals surface area contributed by atoms with Crippen molar-refractivity contribution in [2.24, 2.45) is 0 Å². The Bertz CT molecular complexity index is 280. The molecule has 0 radical (unpaired) electrons. The summed E-state index contributed by atoms with van der Waals surface area (Å²) in [5, 5.41) is 9.80. The molecule has 1 heterocycles. The van der Waals surface area contributed by atoms with Crippen molar-refractivity contribution in [3.05, 3.63) is 36.7 Å². The monoisotopic (exact) mass is 147 g/mol. The minimum absolute atomic E-state index is 0. The van der Waals surface area contributed by atoms with E-state index in [4.69, 9.17) is 0 Å². The van der Waals surface area contributed by atoms with Crippen molar-refractivity contribution in [2.75, 3.05) is 0 Å². The van der Waals surface area contributed by atoms with Crippen LogP contribution in [0.15, 0.2) is 36.7 Å². The first-order chi connectivity index (χ1) is 4.97. The third-order valence-corrected chi connectivity index (χ3v) is 1.46. The molecule has 2 rings (SSSR count). The summed E-state index contributed by atoms with van der Waals surface area (Å²) in [5.41, 5.74) is 0. The lowest BCUT2D eigenvalue weighted by Crippen LogP contribution is -1.77. The van der Waals surface area contributed by atoms with Crippen molar-refractivity contribution < 1.29 is 0 Å². The van der Waals surface area contributed by atoms with Gasteiger partial charge in [-0.25, -0.2) is 0 Å². The van der Waals surface area contributed by atoms with Crippen LogP contribution >= 0.6 is 0 Å². The third-order valence-electron chi connectivity index (χ3n) is 1.46. The first-order valence-electron chi connectivity index (χ1n) is 3.12. The predicted octanol–water partition coefficient (Wildman–Crippen LogP) is 1.79. The Morgan fingerprint density at radius 2 is 1.27 bits per heavy atom. The van der Waals surface area contributed by atoms with Gasteiger partial charge in [0.25, 0.3) is 0 Å². The molecule has 0 saturated heterocycles. The number of hydrogen-bond acceptors (Lipinski definition) is 3. The number of benzene rings is 1. The Morgan fingerprint density at radius 1 is 0.818 bits per heavy atom. The van der Waals surface area contributed by atoms with Gasteiger partial charge in [0.05, 0.1) is 12.4 Å². The molecule has 0 fully saturated rings. The highest BCUT2D eigenvalue weighted by atomic mass is 15.1. The van der Waals surface area contributed by atoms with Crippen LogP contribution < -0.4 is 6.15 Å². The maximum atomic E-state index is 3.76. The Balaban J connectivity index is 0.000000605. The molecule has 0 aliphatic rings. The summed E-state index contributed by atoms with van der Waals surface area (Å²) in [6.45, 7) is 0. The maximum absolute atomic E-state index is 3.76. The van der Waals surface area contributed by atoms with Gasteiger partial charge in [0.1, 0.15) is 0 Å². The van der Waals surface area contributed by atoms with E-state index in [1.165, 1.54) is 0 Å². The molecule has 56 valence electrons. The summed E-state index contributed by atoms with van der Waals surface area (Å²) in [5.74, 6) is 0. The van der Waals surface area contributed by atoms with Gasteiger partial charge < -0.3 is 6.15 Å². The van der Waals surface area contributed by atoms with Gasteiger partial charge in [0.2, 0.25) is 0 Å². The molecule has 0 spiro atoms. The smallest absolute Gasteiger partial charge is 0.0574 e. The molecule has 3 nitrogen and oxygen atoms in total. The van der Waals surface area contributed by atoms with Crippen LogP contribution in [0.1, 0.15) is 0 Å². The van der Waals surface area contributed by atoms with Crippen molar-refractivity contribution in [3.8, 4) is 0 Å². The highest BCUT2D eigenvalue weighted by Crippen LogP contribution is 2.08. The summed E-state index contributed by atoms with van der Waals surface area (Å²) in [6.07, 6.45) is 3.52. The lowest BCUT2D eigenvalue weighted by Gasteiger charge is -1.90. The fraction of sp³-hybridized carbons (Fsp3) is 0. The largest absolute Gasteiger partial charge is 0.344 e. The summed E-state index contributed by atoms with van der Waals surface area (Å²) < 4.78 is 0. The molecule has 11 heavy (non-hydrogen) atoms. The molecule has 0 aliphatic carbocycles. The Hall–Kier alpha value is -1.48. The van der Waals surface area contributed by atoms with Gasteiger partial charge in [-0.05, 0) is 0 Å². The minimum Gasteiger partial charge on any atom is -0.344 e. The van der Waals surface area contributed by atoms with Gasteiger partial charge in [0, 0.05) is 10.8 Å². The van der Waals surface area contributed by atoms with Gasteiger partial charge in [-0.15, -0.1) is 0 Å². The summed E-state index contributed by atoms with van der Waals surface area (Å²) >= 11 is 0. The van der Waals surface area contributed by atoms with Gasteiger partial charge >= 0.3 is 0 Å². The van der Waals surface area contributed by atoms with Crippen LogP contribution in [-0.4, -0.2) is 10.2 Å². The quantitative estimate of drug-likeness (QED) is 0.618. The number of rotatable bonds is 0. The average Bonchev–Trinajstić information content (AvgIpc) is 2.05. The van der Waals surface area contributed by atoms with E-state index < -0.39 is 0 Å². The van der Waals surface area contributed by atoms with Crippen LogP contribution in [-0.2, 0) is 0 Å². The van der Waals surface area contributed by atoms with Crippen LogP contribution in [0.2, 0.25) is 0 Å². The number of fused-ring (bicyclic) bond motifs is 1. The molecule has 0 saturated carbocycles.